The van der Waals surface area contributed by atoms with E-state index in [2.05, 4.69) is 0 Å². The second-order valence-electron chi connectivity index (χ2n) is 4.85. The first kappa shape index (κ1) is 12.5. The maximum Gasteiger partial charge on any atom is 0.258 e. The summed E-state index contributed by atoms with van der Waals surface area (Å²) in [6, 6.07) is 13.0. The molecule has 0 radical (unpaired) electrons. The number of amides is 1. The van der Waals surface area contributed by atoms with E-state index in [-0.39, 0.29) is 5.91 Å². The van der Waals surface area contributed by atoms with Gasteiger partial charge >= 0.3 is 0 Å². The van der Waals surface area contributed by atoms with Crippen LogP contribution in [0.5, 0.6) is 5.75 Å². The van der Waals surface area contributed by atoms with E-state index < -0.39 is 0 Å². The number of hydrogen-bond acceptors (Lipinski definition) is 3. The Kier molecular flexibility index (Phi) is 3.06. The first-order valence-corrected chi connectivity index (χ1v) is 6.56. The van der Waals surface area contributed by atoms with Gasteiger partial charge in [0.05, 0.1) is 12.2 Å². The van der Waals surface area contributed by atoms with Crippen LogP contribution < -0.4 is 15.4 Å². The highest BCUT2D eigenvalue weighted by Crippen LogP contribution is 2.32. The van der Waals surface area contributed by atoms with Crippen LogP contribution in [-0.2, 0) is 0 Å². The van der Waals surface area contributed by atoms with Gasteiger partial charge in [-0.25, -0.2) is 0 Å². The highest BCUT2D eigenvalue weighted by Gasteiger charge is 2.25. The normalized spacial score (nSPS) is 13.6. The number of aryl methyl sites for hydroxylation is 1. The molecule has 20 heavy (non-hydrogen) atoms. The zero-order valence-corrected chi connectivity index (χ0v) is 11.3. The molecule has 0 unspecified atom stereocenters. The summed E-state index contributed by atoms with van der Waals surface area (Å²) in [4.78, 5) is 14.5. The van der Waals surface area contributed by atoms with Crippen molar-refractivity contribution >= 4 is 17.3 Å². The van der Waals surface area contributed by atoms with Gasteiger partial charge in [-0.15, -0.1) is 0 Å². The van der Waals surface area contributed by atoms with Crippen LogP contribution in [-0.4, -0.2) is 19.1 Å². The number of ether oxygens (including phenoxy) is 1. The molecule has 102 valence electrons. The number of anilines is 2. The summed E-state index contributed by atoms with van der Waals surface area (Å²) in [6.07, 6.45) is 0. The zero-order chi connectivity index (χ0) is 14.1. The minimum Gasteiger partial charge on any atom is -0.490 e. The van der Waals surface area contributed by atoms with Gasteiger partial charge in [0.25, 0.3) is 5.91 Å². The summed E-state index contributed by atoms with van der Waals surface area (Å²) in [7, 11) is 0. The van der Waals surface area contributed by atoms with Crippen molar-refractivity contribution in [3.8, 4) is 5.75 Å². The highest BCUT2D eigenvalue weighted by atomic mass is 16.5. The number of rotatable bonds is 1. The van der Waals surface area contributed by atoms with Crippen LogP contribution in [0.1, 0.15) is 15.9 Å². The number of carbonyl (C=O) groups is 1. The number of fused-ring (bicyclic) bond motifs is 1. The summed E-state index contributed by atoms with van der Waals surface area (Å²) in [6.45, 7) is 2.97. The van der Waals surface area contributed by atoms with Crippen LogP contribution in [0.4, 0.5) is 11.4 Å². The van der Waals surface area contributed by atoms with E-state index in [4.69, 9.17) is 10.5 Å². The van der Waals surface area contributed by atoms with E-state index in [9.17, 15) is 4.79 Å². The lowest BCUT2D eigenvalue weighted by atomic mass is 10.1. The molecule has 3 rings (SSSR count). The first-order chi connectivity index (χ1) is 9.66. The lowest BCUT2D eigenvalue weighted by Crippen LogP contribution is -2.38. The molecule has 0 spiro atoms. The second kappa shape index (κ2) is 4.89. The number of para-hydroxylation sites is 2. The van der Waals surface area contributed by atoms with Crippen LogP contribution in [0.15, 0.2) is 42.5 Å². The maximum atomic E-state index is 12.8. The third-order valence-electron chi connectivity index (χ3n) is 3.47. The minimum atomic E-state index is -0.0365. The molecule has 0 saturated carbocycles. The molecule has 1 heterocycles. The quantitative estimate of drug-likeness (QED) is 0.809. The van der Waals surface area contributed by atoms with Gasteiger partial charge in [-0.3, -0.25) is 4.79 Å². The second-order valence-corrected chi connectivity index (χ2v) is 4.85. The van der Waals surface area contributed by atoms with Gasteiger partial charge in [-0.05, 0) is 36.8 Å². The fourth-order valence-electron chi connectivity index (χ4n) is 2.40. The molecule has 4 nitrogen and oxygen atoms in total. The third-order valence-corrected chi connectivity index (χ3v) is 3.47. The Morgan fingerprint density at radius 2 is 2.05 bits per heavy atom. The van der Waals surface area contributed by atoms with Crippen molar-refractivity contribution < 1.29 is 9.53 Å². The lowest BCUT2D eigenvalue weighted by Gasteiger charge is -2.30. The molecule has 1 aliphatic heterocycles. The predicted molar refractivity (Wildman–Crippen MR) is 79.2 cm³/mol. The van der Waals surface area contributed by atoms with Crippen LogP contribution >= 0.6 is 0 Å². The topological polar surface area (TPSA) is 55.6 Å². The van der Waals surface area contributed by atoms with Gasteiger partial charge in [0.2, 0.25) is 0 Å². The van der Waals surface area contributed by atoms with Crippen molar-refractivity contribution in [1.29, 1.82) is 0 Å². The molecule has 2 N–H and O–H groups in total. The van der Waals surface area contributed by atoms with Gasteiger partial charge < -0.3 is 15.4 Å². The van der Waals surface area contributed by atoms with Crippen molar-refractivity contribution in [2.24, 2.45) is 0 Å². The Morgan fingerprint density at radius 3 is 2.90 bits per heavy atom. The molecule has 0 saturated heterocycles. The maximum absolute atomic E-state index is 12.8. The average Bonchev–Trinajstić information content (AvgIpc) is 2.48. The largest absolute Gasteiger partial charge is 0.490 e. The average molecular weight is 268 g/mol. The summed E-state index contributed by atoms with van der Waals surface area (Å²) >= 11 is 0. The molecule has 2 aromatic rings. The molecule has 2 aromatic carbocycles. The van der Waals surface area contributed by atoms with E-state index in [0.717, 1.165) is 17.0 Å². The van der Waals surface area contributed by atoms with E-state index >= 15 is 0 Å². The number of carbonyl (C=O) groups excluding carboxylic acids is 1. The monoisotopic (exact) mass is 268 g/mol. The van der Waals surface area contributed by atoms with Crippen LogP contribution in [0.3, 0.4) is 0 Å². The Morgan fingerprint density at radius 1 is 1.25 bits per heavy atom. The number of nitrogens with zero attached hydrogens (tertiary/aromatic N) is 1. The van der Waals surface area contributed by atoms with Gasteiger partial charge in [0.15, 0.2) is 0 Å². The number of nitrogens with two attached hydrogens (primary N) is 1. The van der Waals surface area contributed by atoms with Crippen molar-refractivity contribution in [1.82, 2.24) is 0 Å². The minimum absolute atomic E-state index is 0.0365. The number of hydrogen-bond donors (Lipinski definition) is 1. The summed E-state index contributed by atoms with van der Waals surface area (Å²) < 4.78 is 5.58. The standard InChI is InChI=1S/C16H16N2O2/c1-11-6-7-12(17)10-13(11)16(19)18-8-9-20-15-5-3-2-4-14(15)18/h2-7,10H,8-9,17H2,1H3. The van der Waals surface area contributed by atoms with Crippen molar-refractivity contribution in [2.75, 3.05) is 23.8 Å². The summed E-state index contributed by atoms with van der Waals surface area (Å²) in [5.41, 5.74) is 8.77. The van der Waals surface area contributed by atoms with Crippen LogP contribution in [0, 0.1) is 6.92 Å². The highest BCUT2D eigenvalue weighted by molar-refractivity contribution is 6.08. The van der Waals surface area contributed by atoms with E-state index in [1.807, 2.05) is 37.3 Å². The van der Waals surface area contributed by atoms with Crippen molar-refractivity contribution in [2.45, 2.75) is 6.92 Å². The third kappa shape index (κ3) is 2.09. The molecule has 0 aliphatic carbocycles. The van der Waals surface area contributed by atoms with E-state index in [0.29, 0.717) is 24.4 Å². The zero-order valence-electron chi connectivity index (χ0n) is 11.3. The molecular weight excluding hydrogens is 252 g/mol. The van der Waals surface area contributed by atoms with Gasteiger partial charge in [0, 0.05) is 11.3 Å². The van der Waals surface area contributed by atoms with Gasteiger partial charge in [0.1, 0.15) is 12.4 Å². The van der Waals surface area contributed by atoms with E-state index in [1.54, 1.807) is 17.0 Å². The van der Waals surface area contributed by atoms with Gasteiger partial charge in [-0.2, -0.15) is 0 Å². The number of benzene rings is 2. The molecule has 1 amide bonds. The molecule has 0 aromatic heterocycles. The fourth-order valence-corrected chi connectivity index (χ4v) is 2.40. The number of nitrogen functional groups attached to an aromatic ring is 1. The Balaban J connectivity index is 2.02. The van der Waals surface area contributed by atoms with Gasteiger partial charge in [-0.1, -0.05) is 18.2 Å². The molecule has 0 fully saturated rings. The molecule has 0 bridgehead atoms. The smallest absolute Gasteiger partial charge is 0.258 e. The lowest BCUT2D eigenvalue weighted by molar-refractivity contribution is 0.0976. The summed E-state index contributed by atoms with van der Waals surface area (Å²) in [5.74, 6) is 0.708. The summed E-state index contributed by atoms with van der Waals surface area (Å²) in [5, 5.41) is 0. The molecule has 1 aliphatic rings. The van der Waals surface area contributed by atoms with Crippen LogP contribution in [0.25, 0.3) is 0 Å². The van der Waals surface area contributed by atoms with Crippen molar-refractivity contribution in [3.05, 3.63) is 53.6 Å². The molecule has 4 heteroatoms. The van der Waals surface area contributed by atoms with Crippen LogP contribution in [0.2, 0.25) is 0 Å². The van der Waals surface area contributed by atoms with Crippen molar-refractivity contribution in [3.63, 3.8) is 0 Å². The molecular formula is C16H16N2O2. The SMILES string of the molecule is Cc1ccc(N)cc1C(=O)N1CCOc2ccccc21. The Bertz CT molecular complexity index is 667. The Labute approximate surface area is 117 Å². The Hall–Kier alpha value is -2.49. The first-order valence-electron chi connectivity index (χ1n) is 6.56. The fraction of sp³-hybridized carbons (Fsp3) is 0.188. The van der Waals surface area contributed by atoms with E-state index in [1.165, 1.54) is 0 Å². The predicted octanol–water partition coefficient (Wildman–Crippen LogP) is 2.62. The molecule has 0 atom stereocenters.